The second-order valence-corrected chi connectivity index (χ2v) is 6.57. The fraction of sp³-hybridized carbons (Fsp3) is 0.375. The van der Waals surface area contributed by atoms with Gasteiger partial charge in [-0.3, -0.25) is 0 Å². The zero-order valence-electron chi connectivity index (χ0n) is 11.8. The third-order valence-electron chi connectivity index (χ3n) is 3.15. The normalized spacial score (nSPS) is 12.5. The second kappa shape index (κ2) is 5.15. The maximum Gasteiger partial charge on any atom is 0.0496 e. The minimum Gasteiger partial charge on any atom is -0.378 e. The van der Waals surface area contributed by atoms with Gasteiger partial charge in [-0.1, -0.05) is 6.07 Å². The molecule has 1 nitrogen and oxygen atoms in total. The zero-order valence-corrected chi connectivity index (χ0v) is 12.6. The molecular weight excluding hydrogens is 238 g/mol. The minimum absolute atomic E-state index is 0.358. The molecule has 0 saturated heterocycles. The number of nitrogens with one attached hydrogen (secondary N) is 1. The molecule has 18 heavy (non-hydrogen) atoms. The molecule has 0 aliphatic heterocycles. The van der Waals surface area contributed by atoms with E-state index in [0.29, 0.717) is 6.04 Å². The van der Waals surface area contributed by atoms with Gasteiger partial charge >= 0.3 is 0 Å². The molecule has 1 N–H and O–H groups in total. The van der Waals surface area contributed by atoms with Crippen LogP contribution < -0.4 is 5.32 Å². The van der Waals surface area contributed by atoms with E-state index < -0.39 is 0 Å². The van der Waals surface area contributed by atoms with Crippen LogP contribution in [-0.4, -0.2) is 0 Å². The van der Waals surface area contributed by atoms with Crippen LogP contribution in [0.5, 0.6) is 0 Å². The number of aryl methyl sites for hydroxylation is 4. The van der Waals surface area contributed by atoms with Gasteiger partial charge in [-0.05, 0) is 69.5 Å². The van der Waals surface area contributed by atoms with Crippen LogP contribution in [-0.2, 0) is 0 Å². The first-order chi connectivity index (χ1) is 8.45. The highest BCUT2D eigenvalue weighted by Crippen LogP contribution is 2.29. The Bertz CT molecular complexity index is 534. The molecule has 1 unspecified atom stereocenters. The average Bonchev–Trinajstić information content (AvgIpc) is 2.56. The predicted molar refractivity (Wildman–Crippen MR) is 81.7 cm³/mol. The minimum atomic E-state index is 0.358. The molecule has 96 valence electrons. The average molecular weight is 259 g/mol. The topological polar surface area (TPSA) is 12.0 Å². The van der Waals surface area contributed by atoms with Gasteiger partial charge in [0.1, 0.15) is 0 Å². The van der Waals surface area contributed by atoms with Crippen LogP contribution in [0.15, 0.2) is 24.3 Å². The van der Waals surface area contributed by atoms with E-state index in [2.05, 4.69) is 64.2 Å². The van der Waals surface area contributed by atoms with E-state index >= 15 is 0 Å². The fourth-order valence-electron chi connectivity index (χ4n) is 2.47. The van der Waals surface area contributed by atoms with Crippen LogP contribution in [0.1, 0.15) is 39.4 Å². The first-order valence-electron chi connectivity index (χ1n) is 6.37. The van der Waals surface area contributed by atoms with Crippen molar-refractivity contribution in [1.82, 2.24) is 0 Å². The van der Waals surface area contributed by atoms with Crippen LogP contribution in [0.2, 0.25) is 0 Å². The van der Waals surface area contributed by atoms with Gasteiger partial charge in [-0.15, -0.1) is 11.3 Å². The van der Waals surface area contributed by atoms with Gasteiger partial charge in [0.2, 0.25) is 0 Å². The van der Waals surface area contributed by atoms with Gasteiger partial charge in [0.05, 0.1) is 0 Å². The van der Waals surface area contributed by atoms with Gasteiger partial charge in [0.15, 0.2) is 0 Å². The SMILES string of the molecule is Cc1cc(C)cc(NC(C)c2cc(C)sc2C)c1. The number of benzene rings is 1. The molecule has 0 spiro atoms. The molecule has 1 aromatic carbocycles. The Morgan fingerprint density at radius 2 is 1.56 bits per heavy atom. The number of rotatable bonds is 3. The van der Waals surface area contributed by atoms with Gasteiger partial charge in [0, 0.05) is 21.5 Å². The number of thiophene rings is 1. The monoisotopic (exact) mass is 259 g/mol. The first-order valence-corrected chi connectivity index (χ1v) is 7.19. The molecule has 1 heterocycles. The van der Waals surface area contributed by atoms with E-state index in [1.54, 1.807) is 0 Å². The van der Waals surface area contributed by atoms with Crippen LogP contribution in [0.25, 0.3) is 0 Å². The van der Waals surface area contributed by atoms with Crippen molar-refractivity contribution in [2.75, 3.05) is 5.32 Å². The fourth-order valence-corrected chi connectivity index (χ4v) is 3.49. The molecule has 2 rings (SSSR count). The highest BCUT2D eigenvalue weighted by molar-refractivity contribution is 7.12. The van der Waals surface area contributed by atoms with Crippen LogP contribution in [0.3, 0.4) is 0 Å². The van der Waals surface area contributed by atoms with E-state index in [-0.39, 0.29) is 0 Å². The lowest BCUT2D eigenvalue weighted by Gasteiger charge is -2.16. The third kappa shape index (κ3) is 2.94. The summed E-state index contributed by atoms with van der Waals surface area (Å²) < 4.78 is 0. The molecule has 0 aliphatic rings. The molecule has 2 aromatic rings. The van der Waals surface area contributed by atoms with Crippen molar-refractivity contribution in [1.29, 1.82) is 0 Å². The third-order valence-corrected chi connectivity index (χ3v) is 4.13. The van der Waals surface area contributed by atoms with Gasteiger partial charge < -0.3 is 5.32 Å². The summed E-state index contributed by atoms with van der Waals surface area (Å²) >= 11 is 1.87. The summed E-state index contributed by atoms with van der Waals surface area (Å²) in [6.07, 6.45) is 0. The molecule has 0 aliphatic carbocycles. The van der Waals surface area contributed by atoms with Crippen LogP contribution in [0, 0.1) is 27.7 Å². The summed E-state index contributed by atoms with van der Waals surface area (Å²) in [6, 6.07) is 9.27. The summed E-state index contributed by atoms with van der Waals surface area (Å²) in [5.41, 5.74) is 5.24. The Balaban J connectivity index is 2.20. The maximum absolute atomic E-state index is 3.60. The molecule has 1 atom stereocenters. The van der Waals surface area contributed by atoms with Crippen molar-refractivity contribution in [3.05, 3.63) is 50.7 Å². The van der Waals surface area contributed by atoms with Gasteiger partial charge in [-0.2, -0.15) is 0 Å². The van der Waals surface area contributed by atoms with E-state index in [4.69, 9.17) is 0 Å². The quantitative estimate of drug-likeness (QED) is 0.803. The van der Waals surface area contributed by atoms with Crippen LogP contribution in [0.4, 0.5) is 5.69 Å². The molecule has 0 amide bonds. The lowest BCUT2D eigenvalue weighted by atomic mass is 10.1. The van der Waals surface area contributed by atoms with E-state index in [1.807, 2.05) is 11.3 Å². The van der Waals surface area contributed by atoms with E-state index in [0.717, 1.165) is 0 Å². The molecule has 0 radical (unpaired) electrons. The number of hydrogen-bond acceptors (Lipinski definition) is 2. The Morgan fingerprint density at radius 1 is 0.944 bits per heavy atom. The van der Waals surface area contributed by atoms with Crippen molar-refractivity contribution in [2.24, 2.45) is 0 Å². The van der Waals surface area contributed by atoms with Crippen molar-refractivity contribution in [2.45, 2.75) is 40.7 Å². The van der Waals surface area contributed by atoms with Crippen molar-refractivity contribution >= 4 is 17.0 Å². The zero-order chi connectivity index (χ0) is 13.3. The smallest absolute Gasteiger partial charge is 0.0496 e. The highest BCUT2D eigenvalue weighted by atomic mass is 32.1. The maximum atomic E-state index is 3.60. The van der Waals surface area contributed by atoms with Gasteiger partial charge in [0.25, 0.3) is 0 Å². The molecule has 1 aromatic heterocycles. The molecule has 0 fully saturated rings. The second-order valence-electron chi connectivity index (χ2n) is 5.11. The number of anilines is 1. The Morgan fingerprint density at radius 3 is 2.06 bits per heavy atom. The van der Waals surface area contributed by atoms with E-state index in [1.165, 1.54) is 32.1 Å². The molecule has 2 heteroatoms. The Hall–Kier alpha value is -1.28. The summed E-state index contributed by atoms with van der Waals surface area (Å²) in [6.45, 7) is 10.9. The summed E-state index contributed by atoms with van der Waals surface area (Å²) in [5, 5.41) is 3.60. The molecule has 0 saturated carbocycles. The van der Waals surface area contributed by atoms with Crippen molar-refractivity contribution < 1.29 is 0 Å². The first kappa shape index (κ1) is 13.2. The largest absolute Gasteiger partial charge is 0.378 e. The van der Waals surface area contributed by atoms with E-state index in [9.17, 15) is 0 Å². The lowest BCUT2D eigenvalue weighted by molar-refractivity contribution is 0.881. The van der Waals surface area contributed by atoms with Crippen molar-refractivity contribution in [3.8, 4) is 0 Å². The Kier molecular flexibility index (Phi) is 3.76. The molecular formula is C16H21NS. The summed E-state index contributed by atoms with van der Waals surface area (Å²) in [7, 11) is 0. The molecule has 0 bridgehead atoms. The van der Waals surface area contributed by atoms with Crippen LogP contribution >= 0.6 is 11.3 Å². The standard InChI is InChI=1S/C16H21NS/c1-10-6-11(2)8-15(7-10)17-13(4)16-9-12(3)18-14(16)5/h6-9,13,17H,1-5H3. The summed E-state index contributed by atoms with van der Waals surface area (Å²) in [5.74, 6) is 0. The van der Waals surface area contributed by atoms with Crippen molar-refractivity contribution in [3.63, 3.8) is 0 Å². The summed E-state index contributed by atoms with van der Waals surface area (Å²) in [4.78, 5) is 2.80. The highest BCUT2D eigenvalue weighted by Gasteiger charge is 2.11. The Labute approximate surface area is 114 Å². The predicted octanol–water partition coefficient (Wildman–Crippen LogP) is 5.15. The lowest BCUT2D eigenvalue weighted by Crippen LogP contribution is -2.07. The van der Waals surface area contributed by atoms with Gasteiger partial charge in [-0.25, -0.2) is 0 Å². The number of hydrogen-bond donors (Lipinski definition) is 1.